The number of nitrogens with zero attached hydrogens (tertiary/aromatic N) is 1. The Morgan fingerprint density at radius 2 is 1.91 bits per heavy atom. The lowest BCUT2D eigenvalue weighted by atomic mass is 10.1. The van der Waals surface area contributed by atoms with E-state index in [-0.39, 0.29) is 16.5 Å². The minimum absolute atomic E-state index is 0.0543. The van der Waals surface area contributed by atoms with Gasteiger partial charge in [0.25, 0.3) is 0 Å². The Kier molecular flexibility index (Phi) is 5.83. The number of urea groups is 1. The number of halogens is 2. The first-order valence-corrected chi connectivity index (χ1v) is 7.63. The molecule has 0 heterocycles. The van der Waals surface area contributed by atoms with E-state index in [2.05, 4.69) is 18.1 Å². The minimum atomic E-state index is -0.479. The van der Waals surface area contributed by atoms with Gasteiger partial charge in [-0.3, -0.25) is 0 Å². The standard InChI is InChI=1S/C15H14Cl2N2O2S/c16-11-8-12(17)14(20)13(9-11)19(22)15(21)18-7-6-10-4-2-1-3-5-10/h1-5,8-9,20,22H,6-7H2,(H,18,21). The van der Waals surface area contributed by atoms with E-state index >= 15 is 0 Å². The van der Waals surface area contributed by atoms with Crippen LogP contribution in [0.5, 0.6) is 5.75 Å². The molecule has 0 fully saturated rings. The van der Waals surface area contributed by atoms with Gasteiger partial charge in [0.05, 0.1) is 5.02 Å². The van der Waals surface area contributed by atoms with Crippen molar-refractivity contribution in [2.75, 3.05) is 10.8 Å². The van der Waals surface area contributed by atoms with Gasteiger partial charge in [0, 0.05) is 11.6 Å². The molecule has 2 aromatic carbocycles. The van der Waals surface area contributed by atoms with E-state index in [4.69, 9.17) is 23.2 Å². The fraction of sp³-hybridized carbons (Fsp3) is 0.133. The molecule has 2 N–H and O–H groups in total. The van der Waals surface area contributed by atoms with Crippen molar-refractivity contribution >= 4 is 47.7 Å². The number of thiol groups is 1. The number of benzene rings is 2. The lowest BCUT2D eigenvalue weighted by molar-refractivity contribution is 0.250. The second kappa shape index (κ2) is 7.63. The van der Waals surface area contributed by atoms with Gasteiger partial charge in [0.1, 0.15) is 5.69 Å². The molecule has 2 rings (SSSR count). The van der Waals surface area contributed by atoms with Gasteiger partial charge in [-0.15, -0.1) is 0 Å². The Balaban J connectivity index is 1.98. The molecule has 0 aliphatic carbocycles. The van der Waals surface area contributed by atoms with E-state index in [1.54, 1.807) is 0 Å². The van der Waals surface area contributed by atoms with Crippen molar-refractivity contribution in [3.05, 3.63) is 58.1 Å². The van der Waals surface area contributed by atoms with Gasteiger partial charge < -0.3 is 10.4 Å². The van der Waals surface area contributed by atoms with Gasteiger partial charge in [-0.05, 0) is 24.1 Å². The molecule has 116 valence electrons. The zero-order valence-electron chi connectivity index (χ0n) is 11.5. The van der Waals surface area contributed by atoms with Gasteiger partial charge in [0.2, 0.25) is 0 Å². The highest BCUT2D eigenvalue weighted by molar-refractivity contribution is 7.82. The third-order valence-corrected chi connectivity index (χ3v) is 3.86. The van der Waals surface area contributed by atoms with Gasteiger partial charge in [-0.2, -0.15) is 0 Å². The summed E-state index contributed by atoms with van der Waals surface area (Å²) < 4.78 is 0.970. The number of rotatable bonds is 4. The maximum atomic E-state index is 12.0. The number of phenols is 1. The molecule has 7 heteroatoms. The first kappa shape index (κ1) is 16.8. The molecule has 0 spiro atoms. The fourth-order valence-corrected chi connectivity index (χ4v) is 2.56. The average molecular weight is 357 g/mol. The first-order valence-electron chi connectivity index (χ1n) is 6.48. The molecule has 22 heavy (non-hydrogen) atoms. The van der Waals surface area contributed by atoms with E-state index < -0.39 is 6.03 Å². The van der Waals surface area contributed by atoms with Gasteiger partial charge in [0.15, 0.2) is 5.75 Å². The fourth-order valence-electron chi connectivity index (χ4n) is 1.86. The van der Waals surface area contributed by atoms with Crippen LogP contribution in [0.15, 0.2) is 42.5 Å². The number of carbonyl (C=O) groups excluding carboxylic acids is 1. The number of anilines is 1. The van der Waals surface area contributed by atoms with Crippen LogP contribution < -0.4 is 9.62 Å². The van der Waals surface area contributed by atoms with Crippen LogP contribution in [0.3, 0.4) is 0 Å². The van der Waals surface area contributed by atoms with E-state index in [1.165, 1.54) is 12.1 Å². The topological polar surface area (TPSA) is 52.6 Å². The predicted octanol–water partition coefficient (Wildman–Crippen LogP) is 4.30. The maximum Gasteiger partial charge on any atom is 0.332 e. The van der Waals surface area contributed by atoms with Crippen LogP contribution >= 0.6 is 36.0 Å². The van der Waals surface area contributed by atoms with Crippen molar-refractivity contribution in [3.8, 4) is 5.75 Å². The van der Waals surface area contributed by atoms with Crippen molar-refractivity contribution in [1.29, 1.82) is 0 Å². The second-order valence-corrected chi connectivity index (χ2v) is 5.78. The molecule has 4 nitrogen and oxygen atoms in total. The monoisotopic (exact) mass is 356 g/mol. The summed E-state index contributed by atoms with van der Waals surface area (Å²) >= 11 is 15.8. The Morgan fingerprint density at radius 1 is 1.23 bits per heavy atom. The molecule has 0 saturated carbocycles. The zero-order chi connectivity index (χ0) is 16.1. The molecule has 2 aromatic rings. The first-order chi connectivity index (χ1) is 10.5. The third-order valence-electron chi connectivity index (χ3n) is 2.96. The lowest BCUT2D eigenvalue weighted by Crippen LogP contribution is -2.35. The van der Waals surface area contributed by atoms with Crippen molar-refractivity contribution < 1.29 is 9.90 Å². The average Bonchev–Trinajstić information content (AvgIpc) is 2.51. The summed E-state index contributed by atoms with van der Waals surface area (Å²) in [6, 6.07) is 12.1. The summed E-state index contributed by atoms with van der Waals surface area (Å²) in [5.74, 6) is -0.251. The van der Waals surface area contributed by atoms with Gasteiger partial charge >= 0.3 is 6.03 Å². The van der Waals surface area contributed by atoms with Crippen molar-refractivity contribution in [2.45, 2.75) is 6.42 Å². The summed E-state index contributed by atoms with van der Waals surface area (Å²) in [7, 11) is 0. The highest BCUT2D eigenvalue weighted by atomic mass is 35.5. The smallest absolute Gasteiger partial charge is 0.332 e. The Morgan fingerprint density at radius 3 is 2.59 bits per heavy atom. The molecule has 0 aliphatic heterocycles. The number of carbonyl (C=O) groups is 1. The zero-order valence-corrected chi connectivity index (χ0v) is 13.9. The second-order valence-electron chi connectivity index (χ2n) is 4.53. The highest BCUT2D eigenvalue weighted by Crippen LogP contribution is 2.38. The molecule has 2 amide bonds. The van der Waals surface area contributed by atoms with E-state index in [9.17, 15) is 9.90 Å². The van der Waals surface area contributed by atoms with Crippen LogP contribution in [-0.4, -0.2) is 17.7 Å². The van der Waals surface area contributed by atoms with Crippen LogP contribution in [-0.2, 0) is 6.42 Å². The highest BCUT2D eigenvalue weighted by Gasteiger charge is 2.18. The van der Waals surface area contributed by atoms with E-state index in [0.717, 1.165) is 9.87 Å². The molecule has 0 aliphatic rings. The SMILES string of the molecule is O=C(NCCc1ccccc1)N(S)c1cc(Cl)cc(Cl)c1O. The lowest BCUT2D eigenvalue weighted by Gasteiger charge is -2.18. The molecule has 0 unspecified atom stereocenters. The summed E-state index contributed by atoms with van der Waals surface area (Å²) in [4.78, 5) is 12.0. The maximum absolute atomic E-state index is 12.0. The number of amides is 2. The Labute approximate surface area is 144 Å². The van der Waals surface area contributed by atoms with Crippen LogP contribution in [0.1, 0.15) is 5.56 Å². The molecule has 0 atom stereocenters. The summed E-state index contributed by atoms with van der Waals surface area (Å²) in [6.45, 7) is 0.439. The number of hydrogen-bond donors (Lipinski definition) is 3. The number of aromatic hydroxyl groups is 1. The van der Waals surface area contributed by atoms with Crippen LogP contribution in [0.25, 0.3) is 0 Å². The van der Waals surface area contributed by atoms with Gasteiger partial charge in [-0.25, -0.2) is 9.10 Å². The quantitative estimate of drug-likeness (QED) is 0.715. The van der Waals surface area contributed by atoms with Crippen molar-refractivity contribution in [1.82, 2.24) is 5.32 Å². The number of phenolic OH excluding ortho intramolecular Hbond substituents is 1. The molecule has 0 bridgehead atoms. The van der Waals surface area contributed by atoms with E-state index in [1.807, 2.05) is 30.3 Å². The predicted molar refractivity (Wildman–Crippen MR) is 93.1 cm³/mol. The van der Waals surface area contributed by atoms with Crippen LogP contribution in [0, 0.1) is 0 Å². The summed E-state index contributed by atoms with van der Waals surface area (Å²) in [6.07, 6.45) is 0.691. The molecular weight excluding hydrogens is 343 g/mol. The van der Waals surface area contributed by atoms with Crippen LogP contribution in [0.2, 0.25) is 10.0 Å². The summed E-state index contributed by atoms with van der Waals surface area (Å²) in [5.41, 5.74) is 1.24. The molecular formula is C15H14Cl2N2O2S. The molecule has 0 saturated heterocycles. The molecule has 0 radical (unpaired) electrons. The van der Waals surface area contributed by atoms with E-state index in [0.29, 0.717) is 18.0 Å². The summed E-state index contributed by atoms with van der Waals surface area (Å²) in [5, 5.41) is 12.9. The normalized spacial score (nSPS) is 10.3. The van der Waals surface area contributed by atoms with Crippen molar-refractivity contribution in [3.63, 3.8) is 0 Å². The Bertz CT molecular complexity index is 668. The number of nitrogens with one attached hydrogen (secondary N) is 1. The minimum Gasteiger partial charge on any atom is -0.504 e. The largest absolute Gasteiger partial charge is 0.504 e. The number of hydrogen-bond acceptors (Lipinski definition) is 3. The van der Waals surface area contributed by atoms with Crippen LogP contribution in [0.4, 0.5) is 10.5 Å². The van der Waals surface area contributed by atoms with Gasteiger partial charge in [-0.1, -0.05) is 66.3 Å². The third kappa shape index (κ3) is 4.22. The molecule has 0 aromatic heterocycles. The van der Waals surface area contributed by atoms with Crippen molar-refractivity contribution in [2.24, 2.45) is 0 Å². The Hall–Kier alpha value is -1.56.